The molecule has 18 heavy (non-hydrogen) atoms. The molecule has 0 spiro atoms. The predicted molar refractivity (Wildman–Crippen MR) is 66.7 cm³/mol. The third kappa shape index (κ3) is 3.41. The first-order valence-electron chi connectivity index (χ1n) is 5.89. The molecule has 2 heterocycles. The van der Waals surface area contributed by atoms with Gasteiger partial charge >= 0.3 is 5.97 Å². The van der Waals surface area contributed by atoms with Gasteiger partial charge in [-0.2, -0.15) is 0 Å². The lowest BCUT2D eigenvalue weighted by Crippen LogP contribution is -2.45. The highest BCUT2D eigenvalue weighted by molar-refractivity contribution is 5.89. The van der Waals surface area contributed by atoms with Crippen LogP contribution in [0.25, 0.3) is 0 Å². The number of morpholine rings is 1. The highest BCUT2D eigenvalue weighted by atomic mass is 16.5. The maximum Gasteiger partial charge on any atom is 0.338 e. The monoisotopic (exact) mass is 251 g/mol. The lowest BCUT2D eigenvalue weighted by Gasteiger charge is -2.24. The average Bonchev–Trinajstić information content (AvgIpc) is 2.45. The summed E-state index contributed by atoms with van der Waals surface area (Å²) in [6, 6.07) is 3.57. The molecule has 0 amide bonds. The van der Waals surface area contributed by atoms with Gasteiger partial charge in [-0.1, -0.05) is 0 Å². The van der Waals surface area contributed by atoms with E-state index in [1.807, 2.05) is 0 Å². The maximum absolute atomic E-state index is 11.4. The first-order chi connectivity index (χ1) is 8.79. The lowest BCUT2D eigenvalue weighted by atomic mass is 10.2. The third-order valence-electron chi connectivity index (χ3n) is 2.71. The molecule has 0 saturated carbocycles. The molecular weight excluding hydrogens is 234 g/mol. The van der Waals surface area contributed by atoms with Gasteiger partial charge in [0.1, 0.15) is 5.82 Å². The molecule has 1 aromatic rings. The van der Waals surface area contributed by atoms with Gasteiger partial charge in [0.15, 0.2) is 0 Å². The minimum absolute atomic E-state index is 0.266. The van der Waals surface area contributed by atoms with Crippen molar-refractivity contribution < 1.29 is 14.3 Å². The molecular formula is C12H17N3O3. The molecule has 1 aromatic heterocycles. The lowest BCUT2D eigenvalue weighted by molar-refractivity contribution is 0.0600. The fraction of sp³-hybridized carbons (Fsp3) is 0.500. The Balaban J connectivity index is 1.90. The third-order valence-corrected chi connectivity index (χ3v) is 2.71. The molecule has 0 radical (unpaired) electrons. The van der Waals surface area contributed by atoms with Crippen molar-refractivity contribution in [1.29, 1.82) is 0 Å². The Labute approximate surface area is 106 Å². The summed E-state index contributed by atoms with van der Waals surface area (Å²) in [6.07, 6.45) is 1.58. The highest BCUT2D eigenvalue weighted by Gasteiger charge is 2.13. The first-order valence-corrected chi connectivity index (χ1v) is 5.89. The molecule has 1 saturated heterocycles. The smallest absolute Gasteiger partial charge is 0.338 e. The van der Waals surface area contributed by atoms with Crippen LogP contribution in [-0.2, 0) is 9.47 Å². The van der Waals surface area contributed by atoms with E-state index in [9.17, 15) is 4.79 Å². The number of hydrogen-bond acceptors (Lipinski definition) is 6. The molecule has 0 aromatic carbocycles. The predicted octanol–water partition coefficient (Wildman–Crippen LogP) is 0.268. The first kappa shape index (κ1) is 12.8. The average molecular weight is 251 g/mol. The number of pyridine rings is 1. The van der Waals surface area contributed by atoms with Gasteiger partial charge in [-0.05, 0) is 12.1 Å². The molecule has 2 N–H and O–H groups in total. The fourth-order valence-electron chi connectivity index (χ4n) is 1.75. The number of hydrogen-bond donors (Lipinski definition) is 2. The fourth-order valence-corrected chi connectivity index (χ4v) is 1.75. The van der Waals surface area contributed by atoms with Gasteiger partial charge < -0.3 is 20.1 Å². The van der Waals surface area contributed by atoms with Crippen molar-refractivity contribution in [2.24, 2.45) is 0 Å². The number of methoxy groups -OCH3 is 1. The Morgan fingerprint density at radius 2 is 2.61 bits per heavy atom. The summed E-state index contributed by atoms with van der Waals surface area (Å²) in [5.74, 6) is 0.296. The molecule has 1 aliphatic rings. The zero-order chi connectivity index (χ0) is 12.8. The van der Waals surface area contributed by atoms with Gasteiger partial charge in [0.2, 0.25) is 0 Å². The van der Waals surface area contributed by atoms with E-state index in [0.29, 0.717) is 24.5 Å². The Kier molecular flexibility index (Phi) is 4.49. The molecule has 6 nitrogen and oxygen atoms in total. The summed E-state index contributed by atoms with van der Waals surface area (Å²) in [5.41, 5.74) is 0.489. The molecule has 6 heteroatoms. The summed E-state index contributed by atoms with van der Waals surface area (Å²) >= 11 is 0. The van der Waals surface area contributed by atoms with Crippen LogP contribution in [-0.4, -0.2) is 50.4 Å². The standard InChI is InChI=1S/C12H17N3O3/c1-17-12(16)9-2-3-14-11(6-9)15-7-10-8-18-5-4-13-10/h2-3,6,10,13H,4-5,7-8H2,1H3,(H,14,15). The van der Waals surface area contributed by atoms with Crippen molar-refractivity contribution in [2.45, 2.75) is 6.04 Å². The zero-order valence-corrected chi connectivity index (χ0v) is 10.3. The second-order valence-electron chi connectivity index (χ2n) is 4.03. The number of ether oxygens (including phenoxy) is 2. The zero-order valence-electron chi connectivity index (χ0n) is 10.3. The van der Waals surface area contributed by atoms with E-state index in [2.05, 4.69) is 20.4 Å². The van der Waals surface area contributed by atoms with Crippen LogP contribution >= 0.6 is 0 Å². The number of carbonyl (C=O) groups is 1. The Hall–Kier alpha value is -1.66. The number of nitrogens with zero attached hydrogens (tertiary/aromatic N) is 1. The van der Waals surface area contributed by atoms with E-state index in [1.54, 1.807) is 18.3 Å². The highest BCUT2D eigenvalue weighted by Crippen LogP contribution is 2.08. The summed E-state index contributed by atoms with van der Waals surface area (Å²) in [6.45, 7) is 3.01. The van der Waals surface area contributed by atoms with Gasteiger partial charge in [-0.15, -0.1) is 0 Å². The normalized spacial score (nSPS) is 19.3. The Morgan fingerprint density at radius 3 is 3.33 bits per heavy atom. The molecule has 2 rings (SSSR count). The van der Waals surface area contributed by atoms with Gasteiger partial charge in [0.05, 0.1) is 25.9 Å². The van der Waals surface area contributed by atoms with Crippen LogP contribution in [0.3, 0.4) is 0 Å². The van der Waals surface area contributed by atoms with Gasteiger partial charge in [0.25, 0.3) is 0 Å². The van der Waals surface area contributed by atoms with Crippen LogP contribution in [0.1, 0.15) is 10.4 Å². The van der Waals surface area contributed by atoms with E-state index in [-0.39, 0.29) is 12.0 Å². The number of nitrogens with one attached hydrogen (secondary N) is 2. The minimum atomic E-state index is -0.362. The van der Waals surface area contributed by atoms with Crippen LogP contribution in [0.5, 0.6) is 0 Å². The van der Waals surface area contributed by atoms with E-state index in [0.717, 1.165) is 13.2 Å². The van der Waals surface area contributed by atoms with Crippen LogP contribution in [0.15, 0.2) is 18.3 Å². The Bertz CT molecular complexity index is 405. The Morgan fingerprint density at radius 1 is 1.72 bits per heavy atom. The topological polar surface area (TPSA) is 72.5 Å². The van der Waals surface area contributed by atoms with Crippen molar-refractivity contribution in [3.63, 3.8) is 0 Å². The van der Waals surface area contributed by atoms with Gasteiger partial charge in [0, 0.05) is 25.3 Å². The molecule has 1 aliphatic heterocycles. The van der Waals surface area contributed by atoms with Crippen molar-refractivity contribution in [3.8, 4) is 0 Å². The van der Waals surface area contributed by atoms with Crippen molar-refractivity contribution in [1.82, 2.24) is 10.3 Å². The SMILES string of the molecule is COC(=O)c1ccnc(NCC2COCCN2)c1. The largest absolute Gasteiger partial charge is 0.465 e. The molecule has 1 fully saturated rings. The minimum Gasteiger partial charge on any atom is -0.465 e. The van der Waals surface area contributed by atoms with Gasteiger partial charge in [-0.25, -0.2) is 9.78 Å². The van der Waals surface area contributed by atoms with Crippen molar-refractivity contribution >= 4 is 11.8 Å². The quantitative estimate of drug-likeness (QED) is 0.748. The van der Waals surface area contributed by atoms with E-state index in [4.69, 9.17) is 4.74 Å². The molecule has 1 atom stereocenters. The second kappa shape index (κ2) is 6.32. The summed E-state index contributed by atoms with van der Waals surface area (Å²) in [5, 5.41) is 6.50. The molecule has 0 bridgehead atoms. The van der Waals surface area contributed by atoms with Crippen LogP contribution < -0.4 is 10.6 Å². The second-order valence-corrected chi connectivity index (χ2v) is 4.03. The van der Waals surface area contributed by atoms with Crippen LogP contribution in [0, 0.1) is 0 Å². The number of esters is 1. The number of aromatic nitrogens is 1. The number of rotatable bonds is 4. The summed E-state index contributed by atoms with van der Waals surface area (Å²) < 4.78 is 10.0. The van der Waals surface area contributed by atoms with E-state index in [1.165, 1.54) is 7.11 Å². The van der Waals surface area contributed by atoms with Crippen molar-refractivity contribution in [2.75, 3.05) is 38.7 Å². The van der Waals surface area contributed by atoms with Crippen molar-refractivity contribution in [3.05, 3.63) is 23.9 Å². The van der Waals surface area contributed by atoms with E-state index >= 15 is 0 Å². The van der Waals surface area contributed by atoms with Crippen LogP contribution in [0.2, 0.25) is 0 Å². The molecule has 0 aliphatic carbocycles. The number of carbonyl (C=O) groups excluding carboxylic acids is 1. The molecule has 1 unspecified atom stereocenters. The number of anilines is 1. The van der Waals surface area contributed by atoms with Crippen LogP contribution in [0.4, 0.5) is 5.82 Å². The van der Waals surface area contributed by atoms with Gasteiger partial charge in [-0.3, -0.25) is 0 Å². The molecule has 98 valence electrons. The summed E-state index contributed by atoms with van der Waals surface area (Å²) in [7, 11) is 1.36. The summed E-state index contributed by atoms with van der Waals surface area (Å²) in [4.78, 5) is 15.5. The van der Waals surface area contributed by atoms with E-state index < -0.39 is 0 Å². The maximum atomic E-state index is 11.4.